The lowest BCUT2D eigenvalue weighted by molar-refractivity contribution is 0.327. The molecule has 6 atom stereocenters. The van der Waals surface area contributed by atoms with E-state index in [1.807, 2.05) is 0 Å². The van der Waals surface area contributed by atoms with Gasteiger partial charge in [-0.1, -0.05) is 116 Å². The van der Waals surface area contributed by atoms with Crippen molar-refractivity contribution in [3.63, 3.8) is 0 Å². The van der Waals surface area contributed by atoms with Crippen molar-refractivity contribution >= 4 is 57.2 Å². The van der Waals surface area contributed by atoms with Crippen LogP contribution in [0.2, 0.25) is 0 Å². The number of para-hydroxylation sites is 2. The van der Waals surface area contributed by atoms with E-state index >= 15 is 0 Å². The fourth-order valence-corrected chi connectivity index (χ4v) is 15.4. The summed E-state index contributed by atoms with van der Waals surface area (Å²) >= 11 is 0. The third-order valence-electron chi connectivity index (χ3n) is 17.4. The molecule has 4 fully saturated rings. The molecule has 1 unspecified atom stereocenters. The van der Waals surface area contributed by atoms with Crippen LogP contribution < -0.4 is 26.2 Å². The first-order chi connectivity index (χ1) is 29.2. The van der Waals surface area contributed by atoms with E-state index in [9.17, 15) is 0 Å². The molecule has 2 aliphatic heterocycles. The van der Waals surface area contributed by atoms with Gasteiger partial charge in [0.25, 0.3) is 6.71 Å². The highest BCUT2D eigenvalue weighted by molar-refractivity contribution is 7.00. The van der Waals surface area contributed by atoms with Crippen molar-refractivity contribution in [1.82, 2.24) is 0 Å². The molecular formula is C56H45BN2. The molecule has 0 aromatic heterocycles. The van der Waals surface area contributed by atoms with Gasteiger partial charge in [0.15, 0.2) is 0 Å². The van der Waals surface area contributed by atoms with E-state index in [0.29, 0.717) is 0 Å². The van der Waals surface area contributed by atoms with Gasteiger partial charge in [-0.3, -0.25) is 0 Å². The quantitative estimate of drug-likeness (QED) is 0.162. The Morgan fingerprint density at radius 2 is 0.898 bits per heavy atom. The summed E-state index contributed by atoms with van der Waals surface area (Å²) in [5, 5.41) is 0. The van der Waals surface area contributed by atoms with Crippen molar-refractivity contribution in [2.45, 2.75) is 62.2 Å². The van der Waals surface area contributed by atoms with Crippen LogP contribution in [0.5, 0.6) is 0 Å². The second kappa shape index (κ2) is 11.1. The molecule has 59 heavy (non-hydrogen) atoms. The molecule has 3 heteroatoms. The molecule has 8 aliphatic rings. The minimum absolute atomic E-state index is 0.102. The van der Waals surface area contributed by atoms with E-state index in [-0.39, 0.29) is 17.5 Å². The van der Waals surface area contributed by atoms with Crippen molar-refractivity contribution in [2.75, 3.05) is 9.80 Å². The third-order valence-corrected chi connectivity index (χ3v) is 17.4. The molecule has 7 aromatic carbocycles. The summed E-state index contributed by atoms with van der Waals surface area (Å²) in [4.78, 5) is 5.25. The molecule has 0 N–H and O–H groups in total. The molecule has 2 nitrogen and oxygen atoms in total. The summed E-state index contributed by atoms with van der Waals surface area (Å²) in [7, 11) is 0. The summed E-state index contributed by atoms with van der Waals surface area (Å²) in [6.07, 6.45) is 10.8. The Balaban J connectivity index is 1.06. The SMILES string of the molecule is c1ccc(N2c3cc4c(cc3B3c5cc6c(cc5N(c5ccccc5)c5cccc2c53)[C@@]2(CC3CC[C@H]2C3)c2ccccc2-6)[C@]2(C[C@H]3CC[C@@H]2C3)c2ccccc2-4)cc1. The van der Waals surface area contributed by atoms with E-state index in [4.69, 9.17) is 0 Å². The van der Waals surface area contributed by atoms with Crippen molar-refractivity contribution in [3.8, 4) is 22.3 Å². The van der Waals surface area contributed by atoms with Crippen LogP contribution in [-0.4, -0.2) is 6.71 Å². The van der Waals surface area contributed by atoms with Crippen LogP contribution in [0.25, 0.3) is 22.3 Å². The van der Waals surface area contributed by atoms with Crippen LogP contribution in [0.15, 0.2) is 152 Å². The molecule has 4 saturated carbocycles. The number of rotatable bonds is 2. The van der Waals surface area contributed by atoms with Crippen LogP contribution in [0, 0.1) is 23.7 Å². The normalized spacial score (nSPS) is 27.5. The Kier molecular flexibility index (Phi) is 6.02. The Labute approximate surface area is 347 Å². The average Bonchev–Trinajstić information content (AvgIpc) is 4.17. The molecule has 7 aromatic rings. The molecule has 0 amide bonds. The van der Waals surface area contributed by atoms with Gasteiger partial charge in [0, 0.05) is 45.0 Å². The van der Waals surface area contributed by atoms with Crippen LogP contribution in [0.4, 0.5) is 34.1 Å². The first kappa shape index (κ1) is 32.1. The highest BCUT2D eigenvalue weighted by atomic mass is 15.2. The van der Waals surface area contributed by atoms with Crippen LogP contribution in [0.3, 0.4) is 0 Å². The molecule has 6 aliphatic carbocycles. The smallest absolute Gasteiger partial charge is 0.252 e. The third kappa shape index (κ3) is 3.80. The number of benzene rings is 7. The monoisotopic (exact) mass is 756 g/mol. The molecule has 2 heterocycles. The zero-order chi connectivity index (χ0) is 38.2. The Morgan fingerprint density at radius 1 is 0.407 bits per heavy atom. The first-order valence-corrected chi connectivity index (χ1v) is 22.6. The van der Waals surface area contributed by atoms with Gasteiger partial charge < -0.3 is 9.80 Å². The summed E-state index contributed by atoms with van der Waals surface area (Å²) in [5.74, 6) is 3.10. The second-order valence-corrected chi connectivity index (χ2v) is 19.6. The van der Waals surface area contributed by atoms with Gasteiger partial charge in [-0.05, 0) is 172 Å². The molecule has 4 bridgehead atoms. The fraction of sp³-hybridized carbons (Fsp3) is 0.250. The zero-order valence-electron chi connectivity index (χ0n) is 33.4. The number of anilines is 6. The van der Waals surface area contributed by atoms with Crippen molar-refractivity contribution < 1.29 is 0 Å². The Bertz CT molecular complexity index is 2970. The van der Waals surface area contributed by atoms with Gasteiger partial charge in [0.05, 0.1) is 0 Å². The highest BCUT2D eigenvalue weighted by Crippen LogP contribution is 2.68. The van der Waals surface area contributed by atoms with Crippen molar-refractivity contribution in [1.29, 1.82) is 0 Å². The predicted molar refractivity (Wildman–Crippen MR) is 244 cm³/mol. The predicted octanol–water partition coefficient (Wildman–Crippen LogP) is 11.9. The minimum Gasteiger partial charge on any atom is -0.311 e. The van der Waals surface area contributed by atoms with Crippen molar-refractivity contribution in [3.05, 3.63) is 174 Å². The highest BCUT2D eigenvalue weighted by Gasteiger charge is 2.59. The number of hydrogen-bond donors (Lipinski definition) is 0. The van der Waals surface area contributed by atoms with E-state index in [0.717, 1.165) is 23.7 Å². The number of fused-ring (bicyclic) bond motifs is 20. The molecule has 282 valence electrons. The number of nitrogens with zero attached hydrogens (tertiary/aromatic N) is 2. The maximum absolute atomic E-state index is 2.77. The molecule has 2 spiro atoms. The maximum Gasteiger partial charge on any atom is 0.252 e. The molecule has 0 saturated heterocycles. The largest absolute Gasteiger partial charge is 0.311 e. The van der Waals surface area contributed by atoms with Gasteiger partial charge in [-0.15, -0.1) is 0 Å². The Hall–Kier alpha value is -5.80. The van der Waals surface area contributed by atoms with Gasteiger partial charge in [-0.2, -0.15) is 0 Å². The van der Waals surface area contributed by atoms with E-state index < -0.39 is 0 Å². The van der Waals surface area contributed by atoms with Gasteiger partial charge in [-0.25, -0.2) is 0 Å². The lowest BCUT2D eigenvalue weighted by Crippen LogP contribution is -2.61. The van der Waals surface area contributed by atoms with E-state index in [1.54, 1.807) is 22.3 Å². The number of hydrogen-bond acceptors (Lipinski definition) is 2. The molecule has 0 radical (unpaired) electrons. The van der Waals surface area contributed by atoms with E-state index in [1.165, 1.54) is 124 Å². The van der Waals surface area contributed by atoms with Crippen molar-refractivity contribution in [2.24, 2.45) is 23.7 Å². The molecule has 15 rings (SSSR count). The summed E-state index contributed by atoms with van der Waals surface area (Å²) < 4.78 is 0. The van der Waals surface area contributed by atoms with Crippen LogP contribution in [-0.2, 0) is 10.8 Å². The lowest BCUT2D eigenvalue weighted by atomic mass is 9.33. The lowest BCUT2D eigenvalue weighted by Gasteiger charge is -2.45. The Morgan fingerprint density at radius 3 is 1.44 bits per heavy atom. The topological polar surface area (TPSA) is 6.48 Å². The van der Waals surface area contributed by atoms with Gasteiger partial charge in [0.2, 0.25) is 0 Å². The zero-order valence-corrected chi connectivity index (χ0v) is 33.4. The summed E-state index contributed by atoms with van der Waals surface area (Å²) in [6.45, 7) is 0.102. The first-order valence-electron chi connectivity index (χ1n) is 22.6. The van der Waals surface area contributed by atoms with Crippen LogP contribution >= 0.6 is 0 Å². The fourth-order valence-electron chi connectivity index (χ4n) is 15.4. The van der Waals surface area contributed by atoms with Gasteiger partial charge >= 0.3 is 0 Å². The standard InChI is InChI=1S/C56H45BN2/c1-3-12-38(13-4-1)58-50-20-11-21-51-54(50)57(49-30-46-43(29-52(49)58)41-17-8-10-19-45(41)55(46)32-34-22-24-36(55)26-34)48-28-42-40-16-7-9-18-44(40)56(33-35-23-25-37(56)27-35)47(42)31-53(48)59(51)39-14-5-2-6-15-39/h1-21,28-31,34-37H,22-27,32-33H2/t34-,35?,36+,37-,55-,56+/m0/s1. The van der Waals surface area contributed by atoms with Gasteiger partial charge in [0.1, 0.15) is 0 Å². The van der Waals surface area contributed by atoms with Crippen LogP contribution in [0.1, 0.15) is 73.6 Å². The second-order valence-electron chi connectivity index (χ2n) is 19.6. The summed E-state index contributed by atoms with van der Waals surface area (Å²) in [6, 6.07) is 59.5. The maximum atomic E-state index is 2.77. The average molecular weight is 757 g/mol. The van der Waals surface area contributed by atoms with E-state index in [2.05, 4.69) is 161 Å². The molecular weight excluding hydrogens is 711 g/mol. The summed E-state index contributed by atoms with van der Waals surface area (Å²) in [5.41, 5.74) is 24.7. The minimum atomic E-state index is 0.102.